The lowest BCUT2D eigenvalue weighted by Crippen LogP contribution is -2.21. The zero-order valence-electron chi connectivity index (χ0n) is 14.9. The van der Waals surface area contributed by atoms with Gasteiger partial charge in [0.2, 0.25) is 5.91 Å². The number of hydrazone groups is 1. The molecule has 1 heterocycles. The number of fused-ring (bicyclic) bond motifs is 1. The first kappa shape index (κ1) is 19.8. The Hall–Kier alpha value is -3.00. The van der Waals surface area contributed by atoms with Crippen molar-refractivity contribution in [1.29, 1.82) is 0 Å². The van der Waals surface area contributed by atoms with Gasteiger partial charge in [-0.15, -0.1) is 11.8 Å². The highest BCUT2D eigenvalue weighted by Gasteiger charge is 2.12. The first-order valence-electron chi connectivity index (χ1n) is 8.38. The minimum absolute atomic E-state index is 0.00389. The summed E-state index contributed by atoms with van der Waals surface area (Å²) in [6.07, 6.45) is 1.71. The lowest BCUT2D eigenvalue weighted by atomic mass is 10.1. The number of alkyl halides is 2. The molecule has 0 aliphatic carbocycles. The van der Waals surface area contributed by atoms with E-state index in [4.69, 9.17) is 0 Å². The van der Waals surface area contributed by atoms with Crippen molar-refractivity contribution in [3.63, 3.8) is 0 Å². The molecule has 0 saturated heterocycles. The van der Waals surface area contributed by atoms with Gasteiger partial charge in [0.25, 0.3) is 0 Å². The maximum atomic E-state index is 12.5. The highest BCUT2D eigenvalue weighted by Crippen LogP contribution is 2.26. The summed E-state index contributed by atoms with van der Waals surface area (Å²) in [5, 5.41) is 5.00. The van der Waals surface area contributed by atoms with Crippen LogP contribution in [0.1, 0.15) is 12.5 Å². The Labute approximate surface area is 164 Å². The molecule has 3 rings (SSSR count). The zero-order valence-corrected chi connectivity index (χ0v) is 15.7. The summed E-state index contributed by atoms with van der Waals surface area (Å²) in [7, 11) is 0. The second-order valence-corrected chi connectivity index (χ2v) is 6.74. The second kappa shape index (κ2) is 9.27. The number of thioether (sulfide) groups is 1. The third-order valence-electron chi connectivity index (χ3n) is 3.80. The van der Waals surface area contributed by atoms with E-state index in [1.807, 2.05) is 30.3 Å². The summed E-state index contributed by atoms with van der Waals surface area (Å²) in [5.41, 5.74) is 4.02. The molecule has 1 amide bonds. The van der Waals surface area contributed by atoms with Crippen LogP contribution in [0.5, 0.6) is 5.75 Å². The maximum Gasteiger partial charge on any atom is 0.387 e. The summed E-state index contributed by atoms with van der Waals surface area (Å²) < 4.78 is 29.5. The normalized spacial score (nSPS) is 11.6. The Bertz CT molecular complexity index is 1010. The number of para-hydroxylation sites is 2. The van der Waals surface area contributed by atoms with Crippen LogP contribution >= 0.6 is 11.8 Å². The average Bonchev–Trinajstić information content (AvgIpc) is 2.70. The number of rotatable bonds is 7. The van der Waals surface area contributed by atoms with E-state index in [0.29, 0.717) is 11.3 Å². The van der Waals surface area contributed by atoms with Crippen LogP contribution < -0.4 is 10.2 Å². The van der Waals surface area contributed by atoms with Gasteiger partial charge in [-0.05, 0) is 31.2 Å². The molecule has 144 valence electrons. The van der Waals surface area contributed by atoms with Gasteiger partial charge in [0.05, 0.1) is 17.0 Å². The Kier molecular flexibility index (Phi) is 6.54. The molecule has 0 saturated carbocycles. The fourth-order valence-corrected chi connectivity index (χ4v) is 3.37. The Morgan fingerprint density at radius 3 is 2.79 bits per heavy atom. The standard InChI is InChI=1S/C20H17F2N3O2S/c1-13(15-8-2-3-9-16(15)27-20(21)22)24-25-18(26)12-28-17-10-4-6-14-7-5-11-23-19(14)17/h2-11,20H,12H2,1H3,(H,25,26)/b24-13-. The lowest BCUT2D eigenvalue weighted by Gasteiger charge is -2.10. The molecule has 5 nitrogen and oxygen atoms in total. The Morgan fingerprint density at radius 2 is 1.96 bits per heavy atom. The fourth-order valence-electron chi connectivity index (χ4n) is 2.54. The molecule has 1 N–H and O–H groups in total. The van der Waals surface area contributed by atoms with E-state index in [2.05, 4.69) is 20.2 Å². The predicted octanol–water partition coefficient (Wildman–Crippen LogP) is 4.47. The fraction of sp³-hybridized carbons (Fsp3) is 0.150. The lowest BCUT2D eigenvalue weighted by molar-refractivity contribution is -0.118. The SMILES string of the molecule is C/C(=N/NC(=O)CSc1cccc2cccnc12)c1ccccc1OC(F)F. The van der Waals surface area contributed by atoms with E-state index in [1.165, 1.54) is 17.8 Å². The first-order valence-corrected chi connectivity index (χ1v) is 9.37. The number of benzene rings is 2. The minimum Gasteiger partial charge on any atom is -0.434 e. The molecule has 0 radical (unpaired) electrons. The van der Waals surface area contributed by atoms with Crippen LogP contribution in [0.4, 0.5) is 8.78 Å². The topological polar surface area (TPSA) is 63.6 Å². The summed E-state index contributed by atoms with van der Waals surface area (Å²) in [5.74, 6) is -0.171. The average molecular weight is 401 g/mol. The van der Waals surface area contributed by atoms with E-state index < -0.39 is 6.61 Å². The second-order valence-electron chi connectivity index (χ2n) is 5.73. The van der Waals surface area contributed by atoms with E-state index in [0.717, 1.165) is 15.8 Å². The molecule has 0 spiro atoms. The van der Waals surface area contributed by atoms with Crippen LogP contribution in [0.25, 0.3) is 10.9 Å². The van der Waals surface area contributed by atoms with Gasteiger partial charge in [-0.25, -0.2) is 5.43 Å². The van der Waals surface area contributed by atoms with Crippen LogP contribution in [-0.4, -0.2) is 29.0 Å². The van der Waals surface area contributed by atoms with Gasteiger partial charge >= 0.3 is 6.61 Å². The van der Waals surface area contributed by atoms with Crippen molar-refractivity contribution >= 4 is 34.3 Å². The highest BCUT2D eigenvalue weighted by atomic mass is 32.2. The van der Waals surface area contributed by atoms with Gasteiger partial charge in [-0.2, -0.15) is 13.9 Å². The number of hydrogen-bond acceptors (Lipinski definition) is 5. The van der Waals surface area contributed by atoms with E-state index >= 15 is 0 Å². The third-order valence-corrected chi connectivity index (χ3v) is 4.84. The number of hydrogen-bond donors (Lipinski definition) is 1. The monoisotopic (exact) mass is 401 g/mol. The van der Waals surface area contributed by atoms with E-state index in [1.54, 1.807) is 31.3 Å². The van der Waals surface area contributed by atoms with Crippen molar-refractivity contribution < 1.29 is 18.3 Å². The van der Waals surface area contributed by atoms with Crippen molar-refractivity contribution in [2.75, 3.05) is 5.75 Å². The maximum absolute atomic E-state index is 12.5. The van der Waals surface area contributed by atoms with Gasteiger partial charge in [0, 0.05) is 22.0 Å². The molecule has 2 aromatic carbocycles. The van der Waals surface area contributed by atoms with Crippen molar-refractivity contribution in [2.45, 2.75) is 18.4 Å². The summed E-state index contributed by atoms with van der Waals surface area (Å²) in [6.45, 7) is -1.33. The molecule has 0 unspecified atom stereocenters. The van der Waals surface area contributed by atoms with Crippen LogP contribution in [0.15, 0.2) is 70.8 Å². The summed E-state index contributed by atoms with van der Waals surface area (Å²) >= 11 is 1.35. The molecule has 0 fully saturated rings. The van der Waals surface area contributed by atoms with Crippen molar-refractivity contribution in [2.24, 2.45) is 5.10 Å². The molecule has 0 atom stereocenters. The number of carbonyl (C=O) groups excluding carboxylic acids is 1. The number of carbonyl (C=O) groups is 1. The van der Waals surface area contributed by atoms with Gasteiger partial charge in [-0.1, -0.05) is 30.3 Å². The minimum atomic E-state index is -2.94. The van der Waals surface area contributed by atoms with Gasteiger partial charge in [0.1, 0.15) is 5.75 Å². The van der Waals surface area contributed by atoms with Crippen molar-refractivity contribution in [3.8, 4) is 5.75 Å². The summed E-state index contributed by atoms with van der Waals surface area (Å²) in [6, 6.07) is 15.9. The predicted molar refractivity (Wildman–Crippen MR) is 106 cm³/mol. The number of amides is 1. The Balaban J connectivity index is 1.64. The molecular weight excluding hydrogens is 384 g/mol. The van der Waals surface area contributed by atoms with Crippen LogP contribution in [-0.2, 0) is 4.79 Å². The number of halogens is 2. The smallest absolute Gasteiger partial charge is 0.387 e. The van der Waals surface area contributed by atoms with Gasteiger partial charge in [0.15, 0.2) is 0 Å². The van der Waals surface area contributed by atoms with Gasteiger partial charge in [-0.3, -0.25) is 9.78 Å². The van der Waals surface area contributed by atoms with E-state index in [9.17, 15) is 13.6 Å². The zero-order chi connectivity index (χ0) is 19.9. The first-order chi connectivity index (χ1) is 13.5. The largest absolute Gasteiger partial charge is 0.434 e. The number of ether oxygens (including phenoxy) is 1. The molecule has 28 heavy (non-hydrogen) atoms. The molecular formula is C20H17F2N3O2S. The number of aromatic nitrogens is 1. The van der Waals surface area contributed by atoms with E-state index in [-0.39, 0.29) is 17.4 Å². The van der Waals surface area contributed by atoms with Gasteiger partial charge < -0.3 is 4.74 Å². The van der Waals surface area contributed by atoms with Crippen molar-refractivity contribution in [1.82, 2.24) is 10.4 Å². The molecule has 0 aliphatic heterocycles. The molecule has 0 bridgehead atoms. The van der Waals surface area contributed by atoms with Crippen LogP contribution in [0, 0.1) is 0 Å². The van der Waals surface area contributed by atoms with Crippen molar-refractivity contribution in [3.05, 3.63) is 66.4 Å². The molecule has 0 aliphatic rings. The highest BCUT2D eigenvalue weighted by molar-refractivity contribution is 8.00. The molecule has 3 aromatic rings. The third kappa shape index (κ3) is 5.04. The quantitative estimate of drug-likeness (QED) is 0.360. The summed E-state index contributed by atoms with van der Waals surface area (Å²) in [4.78, 5) is 17.4. The number of pyridine rings is 1. The molecule has 8 heteroatoms. The van der Waals surface area contributed by atoms with Crippen LogP contribution in [0.2, 0.25) is 0 Å². The number of nitrogens with zero attached hydrogens (tertiary/aromatic N) is 2. The van der Waals surface area contributed by atoms with Crippen LogP contribution in [0.3, 0.4) is 0 Å². The number of nitrogens with one attached hydrogen (secondary N) is 1. The Morgan fingerprint density at radius 1 is 1.18 bits per heavy atom. The molecule has 1 aromatic heterocycles.